The zero-order chi connectivity index (χ0) is 19.0. The van der Waals surface area contributed by atoms with Crippen LogP contribution < -0.4 is 0 Å². The van der Waals surface area contributed by atoms with Gasteiger partial charge in [0.25, 0.3) is 10.1 Å². The molecule has 1 aliphatic rings. The number of nitrogens with zero attached hydrogens (tertiary/aromatic N) is 1. The number of hydrogen-bond acceptors (Lipinski definition) is 6. The van der Waals surface area contributed by atoms with Crippen LogP contribution in [0.1, 0.15) is 40.2 Å². The molecule has 1 saturated heterocycles. The number of carbonyl (C=O) groups is 1. The van der Waals surface area contributed by atoms with E-state index in [9.17, 15) is 13.2 Å². The normalized spacial score (nSPS) is 20.6. The van der Waals surface area contributed by atoms with E-state index in [1.54, 1.807) is 46.8 Å². The van der Waals surface area contributed by atoms with Crippen molar-refractivity contribution in [3.8, 4) is 0 Å². The molecule has 0 bridgehead atoms. The zero-order valence-corrected chi connectivity index (χ0v) is 16.2. The highest BCUT2D eigenvalue weighted by Crippen LogP contribution is 2.31. The molecule has 1 heterocycles. The predicted molar refractivity (Wildman–Crippen MR) is 91.3 cm³/mol. The molecule has 1 aromatic rings. The fourth-order valence-electron chi connectivity index (χ4n) is 2.39. The third-order valence-electron chi connectivity index (χ3n) is 3.58. The SMILES string of the molecule is Cc1ccc(S(=O)(=O)O[C@@H]2COC(C)(C)N2C(=O)OC(C)(C)C)cc1. The molecule has 0 radical (unpaired) electrons. The van der Waals surface area contributed by atoms with Crippen molar-refractivity contribution < 1.29 is 26.9 Å². The van der Waals surface area contributed by atoms with Gasteiger partial charge in [0, 0.05) is 0 Å². The standard InChI is InChI=1S/C17H25NO6S/c1-12-7-9-13(10-8-12)25(20,21)24-14-11-22-17(5,6)18(14)15(19)23-16(2,3)4/h7-10,14H,11H2,1-6H3/t14-/m1/s1. The Labute approximate surface area is 149 Å². The van der Waals surface area contributed by atoms with Gasteiger partial charge in [-0.05, 0) is 53.7 Å². The van der Waals surface area contributed by atoms with E-state index >= 15 is 0 Å². The molecule has 1 aromatic carbocycles. The van der Waals surface area contributed by atoms with Gasteiger partial charge in [-0.15, -0.1) is 0 Å². The van der Waals surface area contributed by atoms with E-state index in [-0.39, 0.29) is 11.5 Å². The van der Waals surface area contributed by atoms with Gasteiger partial charge in [-0.25, -0.2) is 13.9 Å². The van der Waals surface area contributed by atoms with Gasteiger partial charge in [0.2, 0.25) is 0 Å². The van der Waals surface area contributed by atoms with Crippen molar-refractivity contribution in [2.75, 3.05) is 6.61 Å². The number of benzene rings is 1. The van der Waals surface area contributed by atoms with Gasteiger partial charge in [0.05, 0.1) is 11.5 Å². The van der Waals surface area contributed by atoms with Crippen molar-refractivity contribution in [1.29, 1.82) is 0 Å². The number of hydrogen-bond donors (Lipinski definition) is 0. The average Bonchev–Trinajstić information content (AvgIpc) is 2.71. The summed E-state index contributed by atoms with van der Waals surface area (Å²) in [6, 6.07) is 6.28. The second-order valence-corrected chi connectivity index (χ2v) is 9.00. The lowest BCUT2D eigenvalue weighted by molar-refractivity contribution is -0.0723. The topological polar surface area (TPSA) is 82.1 Å². The fourth-order valence-corrected chi connectivity index (χ4v) is 3.41. The van der Waals surface area contributed by atoms with Crippen LogP contribution in [0.3, 0.4) is 0 Å². The van der Waals surface area contributed by atoms with E-state index in [0.717, 1.165) is 5.56 Å². The van der Waals surface area contributed by atoms with E-state index in [2.05, 4.69) is 0 Å². The minimum Gasteiger partial charge on any atom is -0.444 e. The fraction of sp³-hybridized carbons (Fsp3) is 0.588. The Morgan fingerprint density at radius 2 is 1.80 bits per heavy atom. The summed E-state index contributed by atoms with van der Waals surface area (Å²) in [5.74, 6) is 0. The first-order valence-corrected chi connectivity index (χ1v) is 9.39. The predicted octanol–water partition coefficient (Wildman–Crippen LogP) is 3.03. The maximum atomic E-state index is 12.5. The van der Waals surface area contributed by atoms with Crippen LogP contribution >= 0.6 is 0 Å². The van der Waals surface area contributed by atoms with Crippen molar-refractivity contribution in [1.82, 2.24) is 4.90 Å². The smallest absolute Gasteiger partial charge is 0.414 e. The van der Waals surface area contributed by atoms with Gasteiger partial charge in [-0.2, -0.15) is 8.42 Å². The molecule has 0 aliphatic carbocycles. The summed E-state index contributed by atoms with van der Waals surface area (Å²) in [6.45, 7) is 10.3. The van der Waals surface area contributed by atoms with Crippen LogP contribution in [0.5, 0.6) is 0 Å². The summed E-state index contributed by atoms with van der Waals surface area (Å²) in [5, 5.41) is 0. The van der Waals surface area contributed by atoms with E-state index < -0.39 is 33.8 Å². The maximum Gasteiger partial charge on any atom is 0.414 e. The Morgan fingerprint density at radius 1 is 1.24 bits per heavy atom. The summed E-state index contributed by atoms with van der Waals surface area (Å²) in [6.07, 6.45) is -1.80. The van der Waals surface area contributed by atoms with Crippen LogP contribution in [0.15, 0.2) is 29.2 Å². The van der Waals surface area contributed by atoms with Crippen LogP contribution in [0, 0.1) is 6.92 Å². The lowest BCUT2D eigenvalue weighted by Gasteiger charge is -2.34. The van der Waals surface area contributed by atoms with Crippen molar-refractivity contribution in [3.63, 3.8) is 0 Å². The highest BCUT2D eigenvalue weighted by atomic mass is 32.2. The number of aryl methyl sites for hydroxylation is 1. The second-order valence-electron chi connectivity index (χ2n) is 7.43. The summed E-state index contributed by atoms with van der Waals surface area (Å²) in [5.41, 5.74) is -0.842. The molecular formula is C17H25NO6S. The molecule has 140 valence electrons. The van der Waals surface area contributed by atoms with Gasteiger partial charge >= 0.3 is 6.09 Å². The van der Waals surface area contributed by atoms with Crippen LogP contribution in [0.4, 0.5) is 4.79 Å². The lowest BCUT2D eigenvalue weighted by Crippen LogP contribution is -2.51. The van der Waals surface area contributed by atoms with Gasteiger partial charge in [-0.1, -0.05) is 17.7 Å². The lowest BCUT2D eigenvalue weighted by atomic mass is 10.2. The molecule has 8 heteroatoms. The molecule has 1 amide bonds. The molecule has 2 rings (SSSR count). The first kappa shape index (κ1) is 19.7. The Balaban J connectivity index is 2.24. The highest BCUT2D eigenvalue weighted by molar-refractivity contribution is 7.86. The number of rotatable bonds is 3. The first-order valence-electron chi connectivity index (χ1n) is 7.98. The molecule has 1 fully saturated rings. The second kappa shape index (κ2) is 6.59. The third kappa shape index (κ3) is 4.71. The minimum atomic E-state index is -4.05. The third-order valence-corrected chi connectivity index (χ3v) is 4.91. The van der Waals surface area contributed by atoms with Crippen LogP contribution in [0.2, 0.25) is 0 Å². The van der Waals surface area contributed by atoms with Crippen molar-refractivity contribution >= 4 is 16.2 Å². The summed E-state index contributed by atoms with van der Waals surface area (Å²) >= 11 is 0. The first-order chi connectivity index (χ1) is 11.3. The van der Waals surface area contributed by atoms with Gasteiger partial charge in [-0.3, -0.25) is 0 Å². The van der Waals surface area contributed by atoms with E-state index in [1.165, 1.54) is 17.0 Å². The minimum absolute atomic E-state index is 0.0203. The average molecular weight is 371 g/mol. The molecule has 1 aliphatic heterocycles. The van der Waals surface area contributed by atoms with Crippen LogP contribution in [0.25, 0.3) is 0 Å². The molecular weight excluding hydrogens is 346 g/mol. The molecule has 7 nitrogen and oxygen atoms in total. The van der Waals surface area contributed by atoms with E-state index in [4.69, 9.17) is 13.7 Å². The highest BCUT2D eigenvalue weighted by Gasteiger charge is 2.48. The number of carbonyl (C=O) groups excluding carboxylic acids is 1. The molecule has 0 saturated carbocycles. The Kier molecular flexibility index (Phi) is 5.18. The Bertz CT molecular complexity index is 733. The number of ether oxygens (including phenoxy) is 2. The molecule has 0 aromatic heterocycles. The summed E-state index contributed by atoms with van der Waals surface area (Å²) in [4.78, 5) is 13.7. The summed E-state index contributed by atoms with van der Waals surface area (Å²) < 4.78 is 41.2. The zero-order valence-electron chi connectivity index (χ0n) is 15.4. The van der Waals surface area contributed by atoms with Crippen LogP contribution in [-0.2, 0) is 23.8 Å². The van der Waals surface area contributed by atoms with Crippen molar-refractivity contribution in [2.24, 2.45) is 0 Å². The van der Waals surface area contributed by atoms with Gasteiger partial charge in [0.1, 0.15) is 11.3 Å². The molecule has 0 unspecified atom stereocenters. The van der Waals surface area contributed by atoms with E-state index in [0.29, 0.717) is 0 Å². The monoisotopic (exact) mass is 371 g/mol. The molecule has 25 heavy (non-hydrogen) atoms. The number of amides is 1. The molecule has 1 atom stereocenters. The Morgan fingerprint density at radius 3 is 2.32 bits per heavy atom. The summed E-state index contributed by atoms with van der Waals surface area (Å²) in [7, 11) is -4.05. The van der Waals surface area contributed by atoms with Crippen molar-refractivity contribution in [2.45, 2.75) is 64.0 Å². The quantitative estimate of drug-likeness (QED) is 0.760. The van der Waals surface area contributed by atoms with Gasteiger partial charge in [0.15, 0.2) is 6.23 Å². The van der Waals surface area contributed by atoms with Crippen LogP contribution in [-0.4, -0.2) is 43.6 Å². The largest absolute Gasteiger partial charge is 0.444 e. The van der Waals surface area contributed by atoms with Crippen molar-refractivity contribution in [3.05, 3.63) is 29.8 Å². The Hall–Kier alpha value is -1.64. The molecule has 0 spiro atoms. The van der Waals surface area contributed by atoms with Gasteiger partial charge < -0.3 is 9.47 Å². The van der Waals surface area contributed by atoms with E-state index in [1.807, 2.05) is 6.92 Å². The maximum absolute atomic E-state index is 12.5. The molecule has 0 N–H and O–H groups in total.